The van der Waals surface area contributed by atoms with Crippen molar-refractivity contribution in [1.29, 1.82) is 0 Å². The van der Waals surface area contributed by atoms with Gasteiger partial charge < -0.3 is 10.1 Å². The number of nitrogens with zero attached hydrogens (tertiary/aromatic N) is 1. The molecule has 0 bridgehead atoms. The second-order valence-electron chi connectivity index (χ2n) is 7.49. The quantitative estimate of drug-likeness (QED) is 0.539. The van der Waals surface area contributed by atoms with E-state index < -0.39 is 41.5 Å². The first kappa shape index (κ1) is 21.6. The third kappa shape index (κ3) is 4.90. The number of fused-ring (bicyclic) bond motifs is 1. The van der Waals surface area contributed by atoms with E-state index in [4.69, 9.17) is 4.74 Å². The fraction of sp³-hybridized carbons (Fsp3) is 0.333. The van der Waals surface area contributed by atoms with E-state index in [2.05, 4.69) is 15.5 Å². The van der Waals surface area contributed by atoms with Crippen LogP contribution < -0.4 is 10.1 Å². The molecule has 0 unspecified atom stereocenters. The maximum absolute atomic E-state index is 13.9. The molecule has 2 N–H and O–H groups in total. The van der Waals surface area contributed by atoms with Gasteiger partial charge in [0.2, 0.25) is 0 Å². The van der Waals surface area contributed by atoms with Gasteiger partial charge in [-0.15, -0.1) is 0 Å². The average molecular weight is 423 g/mol. The molecule has 1 amide bonds. The maximum atomic E-state index is 13.9. The molecule has 9 heteroatoms. The highest BCUT2D eigenvalue weighted by atomic mass is 19.3. The molecule has 0 fully saturated rings. The number of hydrogen-bond donors (Lipinski definition) is 2. The number of amides is 1. The third-order valence-corrected chi connectivity index (χ3v) is 4.63. The minimum absolute atomic E-state index is 0.0678. The van der Waals surface area contributed by atoms with Crippen LogP contribution in [0.3, 0.4) is 0 Å². The van der Waals surface area contributed by atoms with Crippen molar-refractivity contribution in [2.45, 2.75) is 38.8 Å². The summed E-state index contributed by atoms with van der Waals surface area (Å²) in [4.78, 5) is 12.0. The fourth-order valence-electron chi connectivity index (χ4n) is 3.10. The molecule has 0 spiro atoms. The minimum atomic E-state index is -3.62. The number of benzene rings is 2. The normalized spacial score (nSPS) is 14.0. The van der Waals surface area contributed by atoms with Crippen LogP contribution in [0, 0.1) is 17.6 Å². The highest BCUT2D eigenvalue weighted by molar-refractivity contribution is 5.83. The van der Waals surface area contributed by atoms with Crippen molar-refractivity contribution in [3.05, 3.63) is 59.8 Å². The van der Waals surface area contributed by atoms with E-state index in [0.717, 1.165) is 23.0 Å². The summed E-state index contributed by atoms with van der Waals surface area (Å²) < 4.78 is 60.8. The Morgan fingerprint density at radius 3 is 2.40 bits per heavy atom. The first-order valence-electron chi connectivity index (χ1n) is 9.29. The zero-order valence-electron chi connectivity index (χ0n) is 16.5. The Balaban J connectivity index is 2.03. The molecule has 1 heterocycles. The van der Waals surface area contributed by atoms with Crippen molar-refractivity contribution < 1.29 is 27.1 Å². The number of rotatable bonds is 7. The van der Waals surface area contributed by atoms with Gasteiger partial charge in [-0.25, -0.2) is 8.78 Å². The lowest BCUT2D eigenvalue weighted by atomic mass is 9.92. The summed E-state index contributed by atoms with van der Waals surface area (Å²) in [5.74, 6) is -6.90. The van der Waals surface area contributed by atoms with Gasteiger partial charge in [-0.3, -0.25) is 9.89 Å². The molecule has 30 heavy (non-hydrogen) atoms. The predicted octanol–water partition coefficient (Wildman–Crippen LogP) is 4.76. The second kappa shape index (κ2) is 8.33. The summed E-state index contributed by atoms with van der Waals surface area (Å²) in [6.45, 7) is 3.85. The van der Waals surface area contributed by atoms with Gasteiger partial charge in [0, 0.05) is 23.9 Å². The van der Waals surface area contributed by atoms with Crippen LogP contribution in [0.1, 0.15) is 32.4 Å². The predicted molar refractivity (Wildman–Crippen MR) is 103 cm³/mol. The molecule has 3 rings (SSSR count). The van der Waals surface area contributed by atoms with Crippen LogP contribution in [0.2, 0.25) is 0 Å². The van der Waals surface area contributed by atoms with Crippen molar-refractivity contribution >= 4 is 16.8 Å². The summed E-state index contributed by atoms with van der Waals surface area (Å²) in [5, 5.41) is 9.69. The Hall–Kier alpha value is -3.10. The lowest BCUT2D eigenvalue weighted by Gasteiger charge is -2.32. The molecule has 2 atom stereocenters. The largest absolute Gasteiger partial charge is 0.484 e. The number of carbonyl (C=O) groups excluding carboxylic acids is 1. The maximum Gasteiger partial charge on any atom is 0.321 e. The third-order valence-electron chi connectivity index (χ3n) is 4.63. The van der Waals surface area contributed by atoms with Gasteiger partial charge in [-0.2, -0.15) is 13.9 Å². The number of hydrogen-bond acceptors (Lipinski definition) is 3. The average Bonchev–Trinajstić information content (AvgIpc) is 3.10. The Bertz CT molecular complexity index is 1030. The summed E-state index contributed by atoms with van der Waals surface area (Å²) in [7, 11) is 0. The molecule has 0 aliphatic carbocycles. The van der Waals surface area contributed by atoms with E-state index in [1.165, 1.54) is 0 Å². The van der Waals surface area contributed by atoms with E-state index in [9.17, 15) is 22.4 Å². The summed E-state index contributed by atoms with van der Waals surface area (Å²) in [6.07, 6.45) is 0.434. The Morgan fingerprint density at radius 2 is 1.80 bits per heavy atom. The zero-order valence-corrected chi connectivity index (χ0v) is 16.5. The van der Waals surface area contributed by atoms with Gasteiger partial charge in [0.25, 0.3) is 5.91 Å². The number of nitrogens with one attached hydrogen (secondary N) is 2. The summed E-state index contributed by atoms with van der Waals surface area (Å²) in [5.41, 5.74) is 0.813. The number of H-pyrrole nitrogens is 1. The van der Waals surface area contributed by atoms with Crippen molar-refractivity contribution in [2.24, 2.45) is 5.92 Å². The molecule has 1 aromatic heterocycles. The first-order chi connectivity index (χ1) is 14.0. The summed E-state index contributed by atoms with van der Waals surface area (Å²) in [6, 6.07) is 6.76. The molecule has 160 valence electrons. The van der Waals surface area contributed by atoms with E-state index >= 15 is 0 Å². The topological polar surface area (TPSA) is 67.0 Å². The molecular weight excluding hydrogens is 402 g/mol. The first-order valence-corrected chi connectivity index (χ1v) is 9.29. The van der Waals surface area contributed by atoms with Crippen LogP contribution in [0.15, 0.2) is 42.6 Å². The lowest BCUT2D eigenvalue weighted by Crippen LogP contribution is -2.49. The molecule has 5 nitrogen and oxygen atoms in total. The minimum Gasteiger partial charge on any atom is -0.484 e. The standard InChI is InChI=1S/C21H21F4N3O2/c1-11(2)18(27-20(29)21(3,24)25)19(12-6-14(22)9-15(23)7-12)30-16-4-5-17-13(8-16)10-26-28-17/h4-11,18-19H,1-3H3,(H,26,28)(H,27,29)/t18-,19+/m0/s1. The highest BCUT2D eigenvalue weighted by Crippen LogP contribution is 2.31. The van der Waals surface area contributed by atoms with Crippen LogP contribution in [-0.4, -0.2) is 28.1 Å². The van der Waals surface area contributed by atoms with E-state index in [1.807, 2.05) is 0 Å². The van der Waals surface area contributed by atoms with Crippen molar-refractivity contribution in [3.8, 4) is 5.75 Å². The van der Waals surface area contributed by atoms with Crippen molar-refractivity contribution in [1.82, 2.24) is 15.5 Å². The Labute approximate surface area is 170 Å². The van der Waals surface area contributed by atoms with Gasteiger partial charge >= 0.3 is 5.92 Å². The monoisotopic (exact) mass is 423 g/mol. The lowest BCUT2D eigenvalue weighted by molar-refractivity contribution is -0.145. The highest BCUT2D eigenvalue weighted by Gasteiger charge is 2.38. The molecule has 0 radical (unpaired) electrons. The van der Waals surface area contributed by atoms with Gasteiger partial charge in [0.05, 0.1) is 17.8 Å². The molecule has 0 aliphatic rings. The van der Waals surface area contributed by atoms with Crippen LogP contribution in [0.25, 0.3) is 10.9 Å². The number of aromatic nitrogens is 2. The zero-order chi connectivity index (χ0) is 22.1. The molecular formula is C21H21F4N3O2. The molecule has 0 saturated carbocycles. The number of halogens is 4. The molecule has 0 aliphatic heterocycles. The molecule has 0 saturated heterocycles. The number of carbonyl (C=O) groups is 1. The number of ether oxygens (including phenoxy) is 1. The number of alkyl halides is 2. The van der Waals surface area contributed by atoms with Gasteiger partial charge in [0.15, 0.2) is 0 Å². The van der Waals surface area contributed by atoms with Crippen LogP contribution in [0.5, 0.6) is 5.75 Å². The Morgan fingerprint density at radius 1 is 1.13 bits per heavy atom. The fourth-order valence-corrected chi connectivity index (χ4v) is 3.10. The van der Waals surface area contributed by atoms with Crippen molar-refractivity contribution in [3.63, 3.8) is 0 Å². The second-order valence-corrected chi connectivity index (χ2v) is 7.49. The van der Waals surface area contributed by atoms with Crippen LogP contribution in [-0.2, 0) is 4.79 Å². The van der Waals surface area contributed by atoms with Crippen molar-refractivity contribution in [2.75, 3.05) is 0 Å². The van der Waals surface area contributed by atoms with E-state index in [0.29, 0.717) is 18.7 Å². The Kier molecular flexibility index (Phi) is 6.00. The van der Waals surface area contributed by atoms with Gasteiger partial charge in [0.1, 0.15) is 23.5 Å². The summed E-state index contributed by atoms with van der Waals surface area (Å²) >= 11 is 0. The van der Waals surface area contributed by atoms with Gasteiger partial charge in [-0.1, -0.05) is 13.8 Å². The molecule has 2 aromatic carbocycles. The van der Waals surface area contributed by atoms with Gasteiger partial charge in [-0.05, 0) is 36.2 Å². The number of aromatic amines is 1. The smallest absolute Gasteiger partial charge is 0.321 e. The van der Waals surface area contributed by atoms with Crippen LogP contribution >= 0.6 is 0 Å². The van der Waals surface area contributed by atoms with Crippen LogP contribution in [0.4, 0.5) is 17.6 Å². The molecule has 3 aromatic rings. The SMILES string of the molecule is CC(C)[C@H](NC(=O)C(C)(F)F)[C@H](Oc1ccc2[nH]ncc2c1)c1cc(F)cc(F)c1. The van der Waals surface area contributed by atoms with E-state index in [-0.39, 0.29) is 5.56 Å². The van der Waals surface area contributed by atoms with E-state index in [1.54, 1.807) is 38.2 Å².